The van der Waals surface area contributed by atoms with Crippen LogP contribution in [0.2, 0.25) is 0 Å². The average Bonchev–Trinajstić information content (AvgIpc) is 2.85. The molecule has 2 rings (SSSR count). The summed E-state index contributed by atoms with van der Waals surface area (Å²) in [5, 5.41) is 22.6. The van der Waals surface area contributed by atoms with Crippen LogP contribution in [0.1, 0.15) is 31.9 Å². The minimum atomic E-state index is -0.613. The summed E-state index contributed by atoms with van der Waals surface area (Å²) >= 11 is 1.34. The molecule has 6 nitrogen and oxygen atoms in total. The molecule has 0 saturated heterocycles. The number of aliphatic hydroxyl groups is 1. The largest absolute Gasteiger partial charge is 0.392 e. The van der Waals surface area contributed by atoms with E-state index >= 15 is 0 Å². The molecule has 0 bridgehead atoms. The molecule has 0 aliphatic carbocycles. The van der Waals surface area contributed by atoms with Crippen LogP contribution in [0.5, 0.6) is 0 Å². The van der Waals surface area contributed by atoms with Crippen molar-refractivity contribution in [3.63, 3.8) is 0 Å². The van der Waals surface area contributed by atoms with Crippen LogP contribution >= 0.6 is 11.3 Å². The summed E-state index contributed by atoms with van der Waals surface area (Å²) in [7, 11) is 0. The molecular formula is C10H13N3O3S. The molecule has 0 radical (unpaired) electrons. The number of hydrogen-bond donors (Lipinski definition) is 1. The zero-order valence-corrected chi connectivity index (χ0v) is 10.3. The maximum Gasteiger partial charge on any atom is 0.352 e. The van der Waals surface area contributed by atoms with E-state index in [9.17, 15) is 15.2 Å². The highest BCUT2D eigenvalue weighted by molar-refractivity contribution is 7.15. The number of imidazole rings is 1. The maximum atomic E-state index is 11.1. The fourth-order valence-electron chi connectivity index (χ4n) is 1.81. The molecule has 0 aliphatic heterocycles. The lowest BCUT2D eigenvalue weighted by Gasteiger charge is -2.14. The quantitative estimate of drug-likeness (QED) is 0.670. The molecule has 0 saturated carbocycles. The highest BCUT2D eigenvalue weighted by Gasteiger charge is 2.30. The molecule has 2 atom stereocenters. The summed E-state index contributed by atoms with van der Waals surface area (Å²) in [5.74, 6) is -0.381. The summed E-state index contributed by atoms with van der Waals surface area (Å²) in [6.07, 6.45) is 1.56. The molecule has 0 fully saturated rings. The zero-order valence-electron chi connectivity index (χ0n) is 9.53. The van der Waals surface area contributed by atoms with Crippen molar-refractivity contribution in [3.05, 3.63) is 27.4 Å². The van der Waals surface area contributed by atoms with E-state index in [1.54, 1.807) is 18.5 Å². The molecule has 0 aromatic carbocycles. The highest BCUT2D eigenvalue weighted by Crippen LogP contribution is 2.31. The lowest BCUT2D eigenvalue weighted by atomic mass is 9.99. The maximum absolute atomic E-state index is 11.1. The van der Waals surface area contributed by atoms with Crippen LogP contribution in [0.4, 0.5) is 5.82 Å². The van der Waals surface area contributed by atoms with Crippen LogP contribution in [0, 0.1) is 10.1 Å². The molecule has 2 unspecified atom stereocenters. The highest BCUT2D eigenvalue weighted by atomic mass is 32.1. The first-order valence-corrected chi connectivity index (χ1v) is 6.22. The second kappa shape index (κ2) is 4.42. The Hall–Kier alpha value is -1.47. The summed E-state index contributed by atoms with van der Waals surface area (Å²) < 4.78 is 1.46. The van der Waals surface area contributed by atoms with E-state index < -0.39 is 11.0 Å². The predicted octanol–water partition coefficient (Wildman–Crippen LogP) is 2.18. The van der Waals surface area contributed by atoms with Gasteiger partial charge in [-0.05, 0) is 11.3 Å². The Labute approximate surface area is 102 Å². The lowest BCUT2D eigenvalue weighted by molar-refractivity contribution is -0.391. The van der Waals surface area contributed by atoms with Gasteiger partial charge in [0.15, 0.2) is 0 Å². The fraction of sp³-hybridized carbons (Fsp3) is 0.500. The van der Waals surface area contributed by atoms with E-state index in [1.807, 2.05) is 6.92 Å². The first-order valence-electron chi connectivity index (χ1n) is 5.34. The minimum absolute atomic E-state index is 0.0405. The number of aliphatic hydroxyl groups excluding tert-OH is 1. The first kappa shape index (κ1) is 12.0. The number of thiazole rings is 1. The van der Waals surface area contributed by atoms with Crippen molar-refractivity contribution in [2.45, 2.75) is 32.3 Å². The SMILES string of the molecule is CCC(O)C(C)c1nc2sccn2c1[N+](=O)[O-]. The summed E-state index contributed by atoms with van der Waals surface area (Å²) in [5.41, 5.74) is 0.358. The number of hydrogen-bond acceptors (Lipinski definition) is 5. The third-order valence-electron chi connectivity index (χ3n) is 2.86. The lowest BCUT2D eigenvalue weighted by Crippen LogP contribution is -2.16. The summed E-state index contributed by atoms with van der Waals surface area (Å²) in [6.45, 7) is 3.60. The minimum Gasteiger partial charge on any atom is -0.392 e. The number of rotatable bonds is 4. The number of nitro groups is 1. The second-order valence-corrected chi connectivity index (χ2v) is 4.77. The van der Waals surface area contributed by atoms with Gasteiger partial charge in [0.2, 0.25) is 0 Å². The fourth-order valence-corrected chi connectivity index (χ4v) is 2.53. The standard InChI is InChI=1S/C10H13N3O3S/c1-3-7(14)6(2)8-9(13(15)16)12-4-5-17-10(12)11-8/h4-7,14H,3H2,1-2H3. The van der Waals surface area contributed by atoms with Gasteiger partial charge in [-0.25, -0.2) is 0 Å². The average molecular weight is 255 g/mol. The van der Waals surface area contributed by atoms with Gasteiger partial charge < -0.3 is 15.2 Å². The Morgan fingerprint density at radius 3 is 3.00 bits per heavy atom. The van der Waals surface area contributed by atoms with Crippen molar-refractivity contribution in [2.75, 3.05) is 0 Å². The molecule has 2 aromatic heterocycles. The van der Waals surface area contributed by atoms with Crippen LogP contribution in [-0.4, -0.2) is 25.5 Å². The van der Waals surface area contributed by atoms with Gasteiger partial charge in [0, 0.05) is 11.3 Å². The predicted molar refractivity (Wildman–Crippen MR) is 64.4 cm³/mol. The van der Waals surface area contributed by atoms with Gasteiger partial charge in [-0.15, -0.1) is 0 Å². The molecule has 1 N–H and O–H groups in total. The van der Waals surface area contributed by atoms with Crippen molar-refractivity contribution in [1.82, 2.24) is 9.38 Å². The van der Waals surface area contributed by atoms with Gasteiger partial charge in [-0.3, -0.25) is 0 Å². The number of fused-ring (bicyclic) bond motifs is 1. The van der Waals surface area contributed by atoms with E-state index in [-0.39, 0.29) is 11.7 Å². The van der Waals surface area contributed by atoms with Crippen molar-refractivity contribution < 1.29 is 10.0 Å². The van der Waals surface area contributed by atoms with E-state index in [0.717, 1.165) is 0 Å². The molecule has 0 amide bonds. The Bertz CT molecular complexity index is 548. The molecule has 7 heteroatoms. The Morgan fingerprint density at radius 1 is 1.71 bits per heavy atom. The van der Waals surface area contributed by atoms with Gasteiger partial charge in [-0.2, -0.15) is 9.38 Å². The van der Waals surface area contributed by atoms with E-state index in [4.69, 9.17) is 0 Å². The molecular weight excluding hydrogens is 242 g/mol. The zero-order chi connectivity index (χ0) is 12.6. The van der Waals surface area contributed by atoms with Crippen LogP contribution in [0.25, 0.3) is 4.96 Å². The second-order valence-electron chi connectivity index (χ2n) is 3.90. The smallest absolute Gasteiger partial charge is 0.352 e. The van der Waals surface area contributed by atoms with Crippen LogP contribution < -0.4 is 0 Å². The van der Waals surface area contributed by atoms with Crippen molar-refractivity contribution in [3.8, 4) is 0 Å². The third kappa shape index (κ3) is 1.91. The number of nitrogens with zero attached hydrogens (tertiary/aromatic N) is 3. The van der Waals surface area contributed by atoms with Gasteiger partial charge in [0.05, 0.1) is 6.10 Å². The molecule has 0 aliphatic rings. The summed E-state index contributed by atoms with van der Waals surface area (Å²) in [4.78, 5) is 15.5. The van der Waals surface area contributed by atoms with E-state index in [2.05, 4.69) is 4.98 Å². The molecule has 92 valence electrons. The first-order chi connectivity index (χ1) is 8.06. The monoisotopic (exact) mass is 255 g/mol. The molecule has 2 heterocycles. The summed E-state index contributed by atoms with van der Waals surface area (Å²) in [6, 6.07) is 0. The number of aromatic nitrogens is 2. The van der Waals surface area contributed by atoms with E-state index in [1.165, 1.54) is 15.7 Å². The normalized spacial score (nSPS) is 15.0. The van der Waals surface area contributed by atoms with Crippen LogP contribution in [0.15, 0.2) is 11.6 Å². The van der Waals surface area contributed by atoms with E-state index in [0.29, 0.717) is 17.1 Å². The van der Waals surface area contributed by atoms with Gasteiger partial charge >= 0.3 is 5.82 Å². The Balaban J connectivity index is 2.56. The van der Waals surface area contributed by atoms with Crippen molar-refractivity contribution in [2.24, 2.45) is 0 Å². The molecule has 17 heavy (non-hydrogen) atoms. The van der Waals surface area contributed by atoms with Gasteiger partial charge in [0.25, 0.3) is 4.96 Å². The van der Waals surface area contributed by atoms with Crippen molar-refractivity contribution in [1.29, 1.82) is 0 Å². The van der Waals surface area contributed by atoms with Gasteiger partial charge in [0.1, 0.15) is 11.9 Å². The van der Waals surface area contributed by atoms with Crippen molar-refractivity contribution >= 4 is 22.1 Å². The van der Waals surface area contributed by atoms with Crippen LogP contribution in [-0.2, 0) is 0 Å². The topological polar surface area (TPSA) is 80.7 Å². The van der Waals surface area contributed by atoms with Crippen LogP contribution in [0.3, 0.4) is 0 Å². The Kier molecular flexibility index (Phi) is 3.12. The Morgan fingerprint density at radius 2 is 2.41 bits per heavy atom. The molecule has 2 aromatic rings. The molecule has 0 spiro atoms. The van der Waals surface area contributed by atoms with Gasteiger partial charge in [-0.1, -0.05) is 25.2 Å². The third-order valence-corrected chi connectivity index (χ3v) is 3.62.